The van der Waals surface area contributed by atoms with Gasteiger partial charge in [0.25, 0.3) is 0 Å². The minimum Gasteiger partial charge on any atom is -0.312 e. The van der Waals surface area contributed by atoms with Crippen LogP contribution in [0, 0.1) is 5.92 Å². The summed E-state index contributed by atoms with van der Waals surface area (Å²) in [5, 5.41) is 7.43. The second-order valence-electron chi connectivity index (χ2n) is 7.32. The molecular weight excluding hydrogens is 408 g/mol. The molecule has 0 bridgehead atoms. The van der Waals surface area contributed by atoms with Gasteiger partial charge in [-0.3, -0.25) is 9.59 Å². The fraction of sp³-hybridized carbons (Fsp3) is 0.450. The molecule has 2 heterocycles. The van der Waals surface area contributed by atoms with E-state index in [9.17, 15) is 9.59 Å². The SMILES string of the molecule is O=C(Nc1ccnn1C1CCCCC1)C1CC(=O)N(c2ccc(Br)cc2)C1. The monoisotopic (exact) mass is 430 g/mol. The largest absolute Gasteiger partial charge is 0.312 e. The maximum Gasteiger partial charge on any atom is 0.230 e. The average Bonchev–Trinajstić information content (AvgIpc) is 3.30. The van der Waals surface area contributed by atoms with Crippen LogP contribution in [0.5, 0.6) is 0 Å². The molecule has 1 saturated carbocycles. The van der Waals surface area contributed by atoms with Crippen molar-refractivity contribution < 1.29 is 9.59 Å². The Morgan fingerprint density at radius 1 is 1.11 bits per heavy atom. The standard InChI is InChI=1S/C20H23BrN4O2/c21-15-6-8-16(9-7-15)24-13-14(12-19(24)26)20(27)23-18-10-11-22-25(18)17-4-2-1-3-5-17/h6-11,14,17H,1-5,12-13H2,(H,23,27). The number of carbonyl (C=O) groups is 2. The highest BCUT2D eigenvalue weighted by Gasteiger charge is 2.35. The Bertz CT molecular complexity index is 827. The molecule has 142 valence electrons. The molecule has 6 nitrogen and oxygen atoms in total. The van der Waals surface area contributed by atoms with E-state index >= 15 is 0 Å². The van der Waals surface area contributed by atoms with E-state index in [1.165, 1.54) is 19.3 Å². The van der Waals surface area contributed by atoms with Crippen molar-refractivity contribution in [1.29, 1.82) is 0 Å². The van der Waals surface area contributed by atoms with Gasteiger partial charge in [0.15, 0.2) is 0 Å². The molecule has 7 heteroatoms. The van der Waals surface area contributed by atoms with Crippen LogP contribution < -0.4 is 10.2 Å². The van der Waals surface area contributed by atoms with Crippen molar-refractivity contribution in [2.75, 3.05) is 16.8 Å². The van der Waals surface area contributed by atoms with Crippen LogP contribution in [0.15, 0.2) is 41.0 Å². The second-order valence-corrected chi connectivity index (χ2v) is 8.24. The Balaban J connectivity index is 1.43. The molecule has 0 radical (unpaired) electrons. The van der Waals surface area contributed by atoms with Gasteiger partial charge >= 0.3 is 0 Å². The van der Waals surface area contributed by atoms with Gasteiger partial charge in [0.1, 0.15) is 5.82 Å². The first-order valence-corrected chi connectivity index (χ1v) is 10.3. The molecule has 1 aliphatic heterocycles. The lowest BCUT2D eigenvalue weighted by Gasteiger charge is -2.24. The third-order valence-electron chi connectivity index (χ3n) is 5.48. The zero-order valence-electron chi connectivity index (χ0n) is 15.1. The normalized spacial score (nSPS) is 20.9. The first-order valence-electron chi connectivity index (χ1n) is 9.52. The van der Waals surface area contributed by atoms with Crippen molar-refractivity contribution in [1.82, 2.24) is 9.78 Å². The summed E-state index contributed by atoms with van der Waals surface area (Å²) in [4.78, 5) is 26.9. The Hall–Kier alpha value is -2.15. The van der Waals surface area contributed by atoms with Gasteiger partial charge in [0, 0.05) is 29.2 Å². The van der Waals surface area contributed by atoms with Crippen LogP contribution >= 0.6 is 15.9 Å². The molecule has 1 saturated heterocycles. The maximum absolute atomic E-state index is 12.8. The molecule has 1 aliphatic carbocycles. The first kappa shape index (κ1) is 18.2. The van der Waals surface area contributed by atoms with Crippen molar-refractivity contribution in [2.24, 2.45) is 5.92 Å². The lowest BCUT2D eigenvalue weighted by Crippen LogP contribution is -2.29. The molecule has 1 atom stereocenters. The summed E-state index contributed by atoms with van der Waals surface area (Å²) >= 11 is 3.40. The van der Waals surface area contributed by atoms with Gasteiger partial charge in [-0.2, -0.15) is 5.10 Å². The lowest BCUT2D eigenvalue weighted by atomic mass is 9.96. The Morgan fingerprint density at radius 3 is 2.59 bits per heavy atom. The van der Waals surface area contributed by atoms with E-state index in [1.807, 2.05) is 35.0 Å². The van der Waals surface area contributed by atoms with Crippen molar-refractivity contribution in [3.05, 3.63) is 41.0 Å². The summed E-state index contributed by atoms with van der Waals surface area (Å²) in [5.41, 5.74) is 0.825. The predicted octanol–water partition coefficient (Wildman–Crippen LogP) is 4.14. The number of nitrogens with one attached hydrogen (secondary N) is 1. The number of anilines is 2. The molecule has 0 spiro atoms. The molecule has 4 rings (SSSR count). The highest BCUT2D eigenvalue weighted by Crippen LogP contribution is 2.31. The highest BCUT2D eigenvalue weighted by molar-refractivity contribution is 9.10. The lowest BCUT2D eigenvalue weighted by molar-refractivity contribution is -0.122. The van der Waals surface area contributed by atoms with E-state index in [-0.39, 0.29) is 24.2 Å². The fourth-order valence-electron chi connectivity index (χ4n) is 4.01. The number of rotatable bonds is 4. The Labute approximate surface area is 167 Å². The van der Waals surface area contributed by atoms with E-state index in [0.29, 0.717) is 12.6 Å². The fourth-order valence-corrected chi connectivity index (χ4v) is 4.28. The van der Waals surface area contributed by atoms with Crippen LogP contribution in [-0.2, 0) is 9.59 Å². The number of amides is 2. The summed E-state index contributed by atoms with van der Waals surface area (Å²) in [6, 6.07) is 9.78. The number of aromatic nitrogens is 2. The number of benzene rings is 1. The topological polar surface area (TPSA) is 67.2 Å². The number of hydrogen-bond donors (Lipinski definition) is 1. The molecule has 27 heavy (non-hydrogen) atoms. The van der Waals surface area contributed by atoms with E-state index in [4.69, 9.17) is 0 Å². The Morgan fingerprint density at radius 2 is 1.85 bits per heavy atom. The third kappa shape index (κ3) is 3.93. The summed E-state index contributed by atoms with van der Waals surface area (Å²) < 4.78 is 2.91. The molecule has 2 amide bonds. The quantitative estimate of drug-likeness (QED) is 0.791. The zero-order chi connectivity index (χ0) is 18.8. The van der Waals surface area contributed by atoms with Gasteiger partial charge in [-0.15, -0.1) is 0 Å². The molecule has 1 unspecified atom stereocenters. The maximum atomic E-state index is 12.8. The zero-order valence-corrected chi connectivity index (χ0v) is 16.7. The number of nitrogens with zero attached hydrogens (tertiary/aromatic N) is 3. The van der Waals surface area contributed by atoms with Crippen molar-refractivity contribution >= 4 is 39.2 Å². The van der Waals surface area contributed by atoms with Gasteiger partial charge < -0.3 is 10.2 Å². The molecule has 2 aliphatic rings. The second kappa shape index (κ2) is 7.84. The number of hydrogen-bond acceptors (Lipinski definition) is 3. The van der Waals surface area contributed by atoms with Gasteiger partial charge in [-0.1, -0.05) is 35.2 Å². The predicted molar refractivity (Wildman–Crippen MR) is 108 cm³/mol. The van der Waals surface area contributed by atoms with Gasteiger partial charge in [0.05, 0.1) is 18.2 Å². The Kier molecular flexibility index (Phi) is 5.29. The molecular formula is C20H23BrN4O2. The van der Waals surface area contributed by atoms with Gasteiger partial charge in [-0.25, -0.2) is 4.68 Å². The van der Waals surface area contributed by atoms with Crippen LogP contribution in [0.4, 0.5) is 11.5 Å². The van der Waals surface area contributed by atoms with Crippen LogP contribution in [0.2, 0.25) is 0 Å². The summed E-state index contributed by atoms with van der Waals surface area (Å²) in [6.07, 6.45) is 7.86. The first-order chi connectivity index (χ1) is 13.1. The molecule has 2 fully saturated rings. The highest BCUT2D eigenvalue weighted by atomic mass is 79.9. The van der Waals surface area contributed by atoms with Crippen molar-refractivity contribution in [3.63, 3.8) is 0 Å². The smallest absolute Gasteiger partial charge is 0.230 e. The summed E-state index contributed by atoms with van der Waals surface area (Å²) in [5.74, 6) is 0.260. The van der Waals surface area contributed by atoms with Crippen molar-refractivity contribution in [3.8, 4) is 0 Å². The third-order valence-corrected chi connectivity index (χ3v) is 6.00. The number of halogens is 1. The summed E-state index contributed by atoms with van der Waals surface area (Å²) in [6.45, 7) is 0.407. The molecule has 2 aromatic rings. The van der Waals surface area contributed by atoms with E-state index < -0.39 is 0 Å². The van der Waals surface area contributed by atoms with Gasteiger partial charge in [-0.05, 0) is 37.1 Å². The van der Waals surface area contributed by atoms with Crippen LogP contribution in [-0.4, -0.2) is 28.1 Å². The van der Waals surface area contributed by atoms with Crippen LogP contribution in [0.1, 0.15) is 44.6 Å². The van der Waals surface area contributed by atoms with E-state index in [1.54, 1.807) is 11.1 Å². The van der Waals surface area contributed by atoms with E-state index in [2.05, 4.69) is 26.3 Å². The van der Waals surface area contributed by atoms with Crippen LogP contribution in [0.25, 0.3) is 0 Å². The minimum atomic E-state index is -0.351. The average molecular weight is 431 g/mol. The minimum absolute atomic E-state index is 0.0155. The van der Waals surface area contributed by atoms with Gasteiger partial charge in [0.2, 0.25) is 11.8 Å². The van der Waals surface area contributed by atoms with Crippen LogP contribution in [0.3, 0.4) is 0 Å². The number of carbonyl (C=O) groups excluding carboxylic acids is 2. The van der Waals surface area contributed by atoms with E-state index in [0.717, 1.165) is 28.8 Å². The summed E-state index contributed by atoms with van der Waals surface area (Å²) in [7, 11) is 0. The molecule has 1 N–H and O–H groups in total. The van der Waals surface area contributed by atoms with Crippen molar-refractivity contribution in [2.45, 2.75) is 44.6 Å². The molecule has 1 aromatic heterocycles. The molecule has 1 aromatic carbocycles.